The van der Waals surface area contributed by atoms with Crippen LogP contribution >= 0.6 is 0 Å². The van der Waals surface area contributed by atoms with Gasteiger partial charge in [-0.25, -0.2) is 9.50 Å². The van der Waals surface area contributed by atoms with E-state index in [-0.39, 0.29) is 6.04 Å². The van der Waals surface area contributed by atoms with Gasteiger partial charge in [0.2, 0.25) is 0 Å². The Balaban J connectivity index is 1.75. The van der Waals surface area contributed by atoms with E-state index in [0.29, 0.717) is 0 Å². The van der Waals surface area contributed by atoms with Crippen LogP contribution < -0.4 is 5.48 Å². The van der Waals surface area contributed by atoms with Crippen molar-refractivity contribution in [2.24, 2.45) is 0 Å². The SMILES string of the molecule is c1cc(-c2ccn3ncnc3c2)cc([C@H]2CCON2)c1. The van der Waals surface area contributed by atoms with Gasteiger partial charge in [0.05, 0.1) is 12.6 Å². The van der Waals surface area contributed by atoms with Gasteiger partial charge in [-0.1, -0.05) is 18.2 Å². The minimum Gasteiger partial charge on any atom is -0.301 e. The number of rotatable bonds is 2. The van der Waals surface area contributed by atoms with Gasteiger partial charge in [0.15, 0.2) is 5.65 Å². The molecule has 5 heteroatoms. The molecule has 1 aliphatic heterocycles. The Labute approximate surface area is 116 Å². The maximum absolute atomic E-state index is 5.23. The standard InChI is InChI=1S/C15H14N4O/c1-2-11(8-13(3-1)14-5-7-20-18-14)12-4-6-19-15(9-12)16-10-17-19/h1-4,6,8-10,14,18H,5,7H2/t14-/m1/s1. The lowest BCUT2D eigenvalue weighted by atomic mass is 9.99. The fourth-order valence-corrected chi connectivity index (χ4v) is 2.56. The third-order valence-corrected chi connectivity index (χ3v) is 3.64. The summed E-state index contributed by atoms with van der Waals surface area (Å²) in [5.74, 6) is 0. The number of hydrogen-bond acceptors (Lipinski definition) is 4. The Morgan fingerprint density at radius 3 is 3.05 bits per heavy atom. The number of hydroxylamine groups is 1. The summed E-state index contributed by atoms with van der Waals surface area (Å²) in [6.07, 6.45) is 4.50. The second-order valence-corrected chi connectivity index (χ2v) is 4.91. The number of nitrogens with zero attached hydrogens (tertiary/aromatic N) is 3. The summed E-state index contributed by atoms with van der Waals surface area (Å²) in [6, 6.07) is 12.9. The molecule has 1 saturated heterocycles. The molecule has 5 nitrogen and oxygen atoms in total. The zero-order chi connectivity index (χ0) is 13.4. The van der Waals surface area contributed by atoms with Crippen LogP contribution in [0.1, 0.15) is 18.0 Å². The Bertz CT molecular complexity index is 746. The van der Waals surface area contributed by atoms with E-state index in [1.807, 2.05) is 12.3 Å². The molecule has 100 valence electrons. The van der Waals surface area contributed by atoms with Crippen molar-refractivity contribution in [2.45, 2.75) is 12.5 Å². The largest absolute Gasteiger partial charge is 0.301 e. The molecule has 3 aromatic rings. The third-order valence-electron chi connectivity index (χ3n) is 3.64. The highest BCUT2D eigenvalue weighted by Crippen LogP contribution is 2.26. The lowest BCUT2D eigenvalue weighted by Crippen LogP contribution is -2.11. The van der Waals surface area contributed by atoms with E-state index >= 15 is 0 Å². The van der Waals surface area contributed by atoms with Gasteiger partial charge in [-0.15, -0.1) is 0 Å². The van der Waals surface area contributed by atoms with E-state index in [2.05, 4.69) is 45.9 Å². The molecule has 1 atom stereocenters. The molecule has 0 aliphatic carbocycles. The van der Waals surface area contributed by atoms with Gasteiger partial charge in [-0.2, -0.15) is 10.6 Å². The quantitative estimate of drug-likeness (QED) is 0.773. The molecule has 0 radical (unpaired) electrons. The van der Waals surface area contributed by atoms with Crippen molar-refractivity contribution in [1.29, 1.82) is 0 Å². The first-order valence-electron chi connectivity index (χ1n) is 6.67. The lowest BCUT2D eigenvalue weighted by molar-refractivity contribution is 0.0883. The van der Waals surface area contributed by atoms with Crippen LogP contribution in [0, 0.1) is 0 Å². The minimum atomic E-state index is 0.284. The van der Waals surface area contributed by atoms with E-state index in [0.717, 1.165) is 24.2 Å². The molecule has 4 rings (SSSR count). The fraction of sp³-hybridized carbons (Fsp3) is 0.200. The van der Waals surface area contributed by atoms with Crippen LogP contribution in [0.2, 0.25) is 0 Å². The summed E-state index contributed by atoms with van der Waals surface area (Å²) in [6.45, 7) is 0.764. The Morgan fingerprint density at radius 1 is 1.20 bits per heavy atom. The highest BCUT2D eigenvalue weighted by atomic mass is 16.7. The monoisotopic (exact) mass is 266 g/mol. The molecule has 3 heterocycles. The summed E-state index contributed by atoms with van der Waals surface area (Å²) >= 11 is 0. The number of aromatic nitrogens is 3. The number of hydrogen-bond donors (Lipinski definition) is 1. The minimum absolute atomic E-state index is 0.284. The lowest BCUT2D eigenvalue weighted by Gasteiger charge is -2.11. The Kier molecular flexibility index (Phi) is 2.72. The Morgan fingerprint density at radius 2 is 2.15 bits per heavy atom. The van der Waals surface area contributed by atoms with E-state index in [1.165, 1.54) is 11.1 Å². The molecule has 1 N–H and O–H groups in total. The molecule has 0 bridgehead atoms. The van der Waals surface area contributed by atoms with Crippen molar-refractivity contribution < 1.29 is 4.84 Å². The molecule has 20 heavy (non-hydrogen) atoms. The molecule has 0 unspecified atom stereocenters. The Hall–Kier alpha value is -2.24. The van der Waals surface area contributed by atoms with Gasteiger partial charge in [-0.3, -0.25) is 0 Å². The number of nitrogens with one attached hydrogen (secondary N) is 1. The molecule has 1 aliphatic rings. The predicted octanol–water partition coefficient (Wildman–Crippen LogP) is 2.36. The van der Waals surface area contributed by atoms with Gasteiger partial charge in [0, 0.05) is 6.20 Å². The van der Waals surface area contributed by atoms with Crippen molar-refractivity contribution >= 4 is 5.65 Å². The van der Waals surface area contributed by atoms with E-state index in [1.54, 1.807) is 10.8 Å². The predicted molar refractivity (Wildman–Crippen MR) is 74.9 cm³/mol. The van der Waals surface area contributed by atoms with Crippen LogP contribution in [-0.4, -0.2) is 21.2 Å². The van der Waals surface area contributed by atoms with Gasteiger partial charge >= 0.3 is 0 Å². The normalized spacial score (nSPS) is 18.7. The van der Waals surface area contributed by atoms with Crippen molar-refractivity contribution in [2.75, 3.05) is 6.61 Å². The first kappa shape index (κ1) is 11.6. The maximum atomic E-state index is 5.23. The first-order chi connectivity index (χ1) is 9.90. The average Bonchev–Trinajstić information content (AvgIpc) is 3.18. The molecular weight excluding hydrogens is 252 g/mol. The molecule has 2 aromatic heterocycles. The molecular formula is C15H14N4O. The van der Waals surface area contributed by atoms with E-state index in [4.69, 9.17) is 4.84 Å². The summed E-state index contributed by atoms with van der Waals surface area (Å²) in [5.41, 5.74) is 7.49. The van der Waals surface area contributed by atoms with Crippen molar-refractivity contribution in [1.82, 2.24) is 20.1 Å². The van der Waals surface area contributed by atoms with E-state index in [9.17, 15) is 0 Å². The van der Waals surface area contributed by atoms with E-state index < -0.39 is 0 Å². The average molecular weight is 266 g/mol. The van der Waals surface area contributed by atoms with Crippen molar-refractivity contribution in [3.05, 3.63) is 54.5 Å². The third kappa shape index (κ3) is 1.97. The van der Waals surface area contributed by atoms with Crippen LogP contribution in [0.3, 0.4) is 0 Å². The van der Waals surface area contributed by atoms with Crippen LogP contribution in [0.4, 0.5) is 0 Å². The fourth-order valence-electron chi connectivity index (χ4n) is 2.56. The highest BCUT2D eigenvalue weighted by molar-refractivity contribution is 5.67. The number of pyridine rings is 1. The number of benzene rings is 1. The van der Waals surface area contributed by atoms with Gasteiger partial charge in [0.25, 0.3) is 0 Å². The smallest absolute Gasteiger partial charge is 0.155 e. The van der Waals surface area contributed by atoms with Crippen LogP contribution in [0.25, 0.3) is 16.8 Å². The molecule has 0 amide bonds. The molecule has 1 aromatic carbocycles. The van der Waals surface area contributed by atoms with Crippen molar-refractivity contribution in [3.63, 3.8) is 0 Å². The molecule has 1 fully saturated rings. The molecule has 0 spiro atoms. The van der Waals surface area contributed by atoms with Gasteiger partial charge in [-0.05, 0) is 41.3 Å². The number of fused-ring (bicyclic) bond motifs is 1. The van der Waals surface area contributed by atoms with Gasteiger partial charge in [0.1, 0.15) is 6.33 Å². The summed E-state index contributed by atoms with van der Waals surface area (Å²) in [4.78, 5) is 9.46. The second-order valence-electron chi connectivity index (χ2n) is 4.91. The van der Waals surface area contributed by atoms with Gasteiger partial charge < -0.3 is 4.84 Å². The first-order valence-corrected chi connectivity index (χ1v) is 6.67. The topological polar surface area (TPSA) is 51.5 Å². The molecule has 0 saturated carbocycles. The van der Waals surface area contributed by atoms with Crippen LogP contribution in [0.5, 0.6) is 0 Å². The maximum Gasteiger partial charge on any atom is 0.155 e. The highest BCUT2D eigenvalue weighted by Gasteiger charge is 2.17. The zero-order valence-corrected chi connectivity index (χ0v) is 10.9. The summed E-state index contributed by atoms with van der Waals surface area (Å²) in [5, 5.41) is 4.11. The second kappa shape index (κ2) is 4.70. The summed E-state index contributed by atoms with van der Waals surface area (Å²) in [7, 11) is 0. The van der Waals surface area contributed by atoms with Crippen LogP contribution in [0.15, 0.2) is 48.9 Å². The zero-order valence-electron chi connectivity index (χ0n) is 10.9. The van der Waals surface area contributed by atoms with Crippen molar-refractivity contribution in [3.8, 4) is 11.1 Å². The van der Waals surface area contributed by atoms with Crippen LogP contribution in [-0.2, 0) is 4.84 Å². The summed E-state index contributed by atoms with van der Waals surface area (Å²) < 4.78 is 1.76.